The molecule has 2 aromatic rings. The molecule has 4 nitrogen and oxygen atoms in total. The Morgan fingerprint density at radius 2 is 1.48 bits per heavy atom. The van der Waals surface area contributed by atoms with Crippen LogP contribution in [0.4, 0.5) is 0 Å². The van der Waals surface area contributed by atoms with Crippen molar-refractivity contribution in [3.8, 4) is 17.1 Å². The van der Waals surface area contributed by atoms with Crippen molar-refractivity contribution in [2.45, 2.75) is 85.0 Å². The minimum atomic E-state index is -0.193. The zero-order valence-electron chi connectivity index (χ0n) is 18.3. The van der Waals surface area contributed by atoms with E-state index in [1.807, 2.05) is 38.4 Å². The maximum atomic E-state index is 11.9. The molecule has 0 bridgehead atoms. The third-order valence-electron chi connectivity index (χ3n) is 5.37. The number of hydrogen-bond acceptors (Lipinski definition) is 4. The second-order valence-corrected chi connectivity index (χ2v) is 7.89. The highest BCUT2D eigenvalue weighted by Crippen LogP contribution is 2.20. The highest BCUT2D eigenvalue weighted by atomic mass is 16.5. The van der Waals surface area contributed by atoms with Gasteiger partial charge in [0.25, 0.3) is 0 Å². The van der Waals surface area contributed by atoms with E-state index >= 15 is 0 Å². The largest absolute Gasteiger partial charge is 0.426 e. The molecular weight excluding hydrogens is 360 g/mol. The maximum Gasteiger partial charge on any atom is 0.314 e. The van der Waals surface area contributed by atoms with Crippen molar-refractivity contribution >= 4 is 5.97 Å². The van der Waals surface area contributed by atoms with E-state index in [2.05, 4.69) is 16.9 Å². The summed E-state index contributed by atoms with van der Waals surface area (Å²) in [6, 6.07) is 7.39. The highest BCUT2D eigenvalue weighted by Gasteiger charge is 2.13. The number of esters is 1. The molecule has 0 aliphatic heterocycles. The second kappa shape index (κ2) is 13.1. The number of rotatable bonds is 13. The number of nitrogens with zero attached hydrogens (tertiary/aromatic N) is 2. The molecule has 1 heterocycles. The fourth-order valence-electron chi connectivity index (χ4n) is 3.15. The van der Waals surface area contributed by atoms with Crippen LogP contribution in [0.2, 0.25) is 0 Å². The van der Waals surface area contributed by atoms with Crippen LogP contribution < -0.4 is 4.74 Å². The standard InChI is InChI=1S/C25H36N2O2/c1-4-6-7-8-9-10-11-12-13-21-18-26-24(27-19-21)22-14-16-23(17-15-22)29-25(28)20(3)5-2/h14-20H,4-13H2,1-3H3. The Balaban J connectivity index is 1.76. The summed E-state index contributed by atoms with van der Waals surface area (Å²) in [6.45, 7) is 6.11. The van der Waals surface area contributed by atoms with Crippen molar-refractivity contribution in [3.63, 3.8) is 0 Å². The van der Waals surface area contributed by atoms with Crippen LogP contribution in [-0.2, 0) is 11.2 Å². The first-order valence-electron chi connectivity index (χ1n) is 11.3. The van der Waals surface area contributed by atoms with Gasteiger partial charge in [0.1, 0.15) is 5.75 Å². The number of aryl methyl sites for hydroxylation is 1. The van der Waals surface area contributed by atoms with Gasteiger partial charge in [-0.1, -0.05) is 65.7 Å². The van der Waals surface area contributed by atoms with Gasteiger partial charge in [-0.25, -0.2) is 9.97 Å². The Kier molecular flexibility index (Phi) is 10.4. The van der Waals surface area contributed by atoms with E-state index in [4.69, 9.17) is 4.74 Å². The zero-order valence-corrected chi connectivity index (χ0v) is 18.3. The predicted molar refractivity (Wildman–Crippen MR) is 119 cm³/mol. The molecule has 0 saturated heterocycles. The van der Waals surface area contributed by atoms with E-state index in [0.29, 0.717) is 11.6 Å². The molecule has 0 amide bonds. The average molecular weight is 397 g/mol. The Morgan fingerprint density at radius 3 is 2.07 bits per heavy atom. The quantitative estimate of drug-likeness (QED) is 0.213. The van der Waals surface area contributed by atoms with Gasteiger partial charge in [-0.05, 0) is 49.1 Å². The topological polar surface area (TPSA) is 52.1 Å². The third kappa shape index (κ3) is 8.35. The van der Waals surface area contributed by atoms with Gasteiger partial charge in [-0.3, -0.25) is 4.79 Å². The zero-order chi connectivity index (χ0) is 20.9. The Labute approximate surface area is 176 Å². The smallest absolute Gasteiger partial charge is 0.314 e. The van der Waals surface area contributed by atoms with Crippen LogP contribution in [-0.4, -0.2) is 15.9 Å². The lowest BCUT2D eigenvalue weighted by Crippen LogP contribution is -2.16. The minimum Gasteiger partial charge on any atom is -0.426 e. The first-order valence-corrected chi connectivity index (χ1v) is 11.3. The van der Waals surface area contributed by atoms with Crippen LogP contribution in [0, 0.1) is 5.92 Å². The molecule has 29 heavy (non-hydrogen) atoms. The summed E-state index contributed by atoms with van der Waals surface area (Å²) in [6.07, 6.45) is 16.3. The summed E-state index contributed by atoms with van der Waals surface area (Å²) in [5, 5.41) is 0. The molecule has 2 rings (SSSR count). The fraction of sp³-hybridized carbons (Fsp3) is 0.560. The lowest BCUT2D eigenvalue weighted by Gasteiger charge is -2.09. The van der Waals surface area contributed by atoms with Gasteiger partial charge in [0.2, 0.25) is 0 Å². The SMILES string of the molecule is CCCCCCCCCCc1cnc(-c2ccc(OC(=O)C(C)CC)cc2)nc1. The fourth-order valence-corrected chi connectivity index (χ4v) is 3.15. The Bertz CT molecular complexity index is 711. The normalized spacial score (nSPS) is 12.0. The molecule has 1 aromatic heterocycles. The molecule has 0 aliphatic rings. The highest BCUT2D eigenvalue weighted by molar-refractivity contribution is 5.74. The van der Waals surface area contributed by atoms with E-state index < -0.39 is 0 Å². The number of benzene rings is 1. The van der Waals surface area contributed by atoms with Crippen LogP contribution in [0.15, 0.2) is 36.7 Å². The molecule has 0 radical (unpaired) electrons. The molecule has 0 fully saturated rings. The maximum absolute atomic E-state index is 11.9. The van der Waals surface area contributed by atoms with Gasteiger partial charge in [-0.15, -0.1) is 0 Å². The van der Waals surface area contributed by atoms with Crippen molar-refractivity contribution in [2.24, 2.45) is 5.92 Å². The van der Waals surface area contributed by atoms with Crippen molar-refractivity contribution in [1.29, 1.82) is 0 Å². The van der Waals surface area contributed by atoms with Gasteiger partial charge < -0.3 is 4.74 Å². The lowest BCUT2D eigenvalue weighted by atomic mass is 10.1. The van der Waals surface area contributed by atoms with Crippen LogP contribution in [0.5, 0.6) is 5.75 Å². The molecule has 0 N–H and O–H groups in total. The van der Waals surface area contributed by atoms with Gasteiger partial charge >= 0.3 is 5.97 Å². The Hall–Kier alpha value is -2.23. The van der Waals surface area contributed by atoms with Crippen molar-refractivity contribution in [2.75, 3.05) is 0 Å². The molecule has 0 aliphatic carbocycles. The first kappa shape index (κ1) is 23.1. The summed E-state index contributed by atoms with van der Waals surface area (Å²) in [4.78, 5) is 20.9. The van der Waals surface area contributed by atoms with Crippen molar-refractivity contribution in [3.05, 3.63) is 42.2 Å². The molecule has 1 unspecified atom stereocenters. The van der Waals surface area contributed by atoms with Crippen LogP contribution >= 0.6 is 0 Å². The van der Waals surface area contributed by atoms with E-state index in [1.54, 1.807) is 12.1 Å². The minimum absolute atomic E-state index is 0.0911. The first-order chi connectivity index (χ1) is 14.1. The molecule has 0 saturated carbocycles. The summed E-state index contributed by atoms with van der Waals surface area (Å²) in [5.74, 6) is 0.975. The van der Waals surface area contributed by atoms with Crippen LogP contribution in [0.3, 0.4) is 0 Å². The monoisotopic (exact) mass is 396 g/mol. The number of aromatic nitrogens is 2. The number of ether oxygens (including phenoxy) is 1. The number of carbonyl (C=O) groups is 1. The molecule has 0 spiro atoms. The molecule has 1 atom stereocenters. The summed E-state index contributed by atoms with van der Waals surface area (Å²) in [5.41, 5.74) is 2.12. The van der Waals surface area contributed by atoms with E-state index in [1.165, 1.54) is 56.9 Å². The van der Waals surface area contributed by atoms with Crippen molar-refractivity contribution in [1.82, 2.24) is 9.97 Å². The van der Waals surface area contributed by atoms with E-state index in [0.717, 1.165) is 18.4 Å². The van der Waals surface area contributed by atoms with Crippen LogP contribution in [0.1, 0.15) is 84.1 Å². The average Bonchev–Trinajstić information content (AvgIpc) is 2.76. The lowest BCUT2D eigenvalue weighted by molar-refractivity contribution is -0.138. The summed E-state index contributed by atoms with van der Waals surface area (Å²) >= 11 is 0. The number of carbonyl (C=O) groups excluding carboxylic acids is 1. The summed E-state index contributed by atoms with van der Waals surface area (Å²) < 4.78 is 5.39. The second-order valence-electron chi connectivity index (χ2n) is 7.89. The summed E-state index contributed by atoms with van der Waals surface area (Å²) in [7, 11) is 0. The third-order valence-corrected chi connectivity index (χ3v) is 5.37. The Morgan fingerprint density at radius 1 is 0.897 bits per heavy atom. The number of unbranched alkanes of at least 4 members (excludes halogenated alkanes) is 7. The van der Waals surface area contributed by atoms with E-state index in [9.17, 15) is 4.79 Å². The van der Waals surface area contributed by atoms with Crippen LogP contribution in [0.25, 0.3) is 11.4 Å². The molecule has 4 heteroatoms. The van der Waals surface area contributed by atoms with Crippen molar-refractivity contribution < 1.29 is 9.53 Å². The van der Waals surface area contributed by atoms with Gasteiger partial charge in [0.05, 0.1) is 5.92 Å². The van der Waals surface area contributed by atoms with Gasteiger partial charge in [-0.2, -0.15) is 0 Å². The molecule has 1 aromatic carbocycles. The predicted octanol–water partition coefficient (Wildman–Crippen LogP) is 6.78. The van der Waals surface area contributed by atoms with Gasteiger partial charge in [0, 0.05) is 18.0 Å². The number of hydrogen-bond donors (Lipinski definition) is 0. The van der Waals surface area contributed by atoms with E-state index in [-0.39, 0.29) is 11.9 Å². The molecular formula is C25H36N2O2. The van der Waals surface area contributed by atoms with Gasteiger partial charge in [0.15, 0.2) is 5.82 Å². The molecule has 158 valence electrons.